The topological polar surface area (TPSA) is 40.7 Å². The van der Waals surface area contributed by atoms with Crippen molar-refractivity contribution in [3.05, 3.63) is 41.3 Å². The Kier molecular flexibility index (Phi) is 2.27. The summed E-state index contributed by atoms with van der Waals surface area (Å²) in [6.07, 6.45) is 5.76. The Morgan fingerprint density at radius 1 is 1.11 bits per heavy atom. The summed E-state index contributed by atoms with van der Waals surface area (Å²) in [7, 11) is 0. The summed E-state index contributed by atoms with van der Waals surface area (Å²) in [5.74, 6) is 1.71. The lowest BCUT2D eigenvalue weighted by Gasteiger charge is -2.24. The Balaban J connectivity index is 1.67. The third-order valence-corrected chi connectivity index (χ3v) is 4.17. The third kappa shape index (κ3) is 1.58. The van der Waals surface area contributed by atoms with Gasteiger partial charge in [-0.2, -0.15) is 0 Å². The molecule has 1 saturated heterocycles. The summed E-state index contributed by atoms with van der Waals surface area (Å²) in [6.45, 7) is 2.11. The van der Waals surface area contributed by atoms with Gasteiger partial charge >= 0.3 is 0 Å². The van der Waals surface area contributed by atoms with Crippen LogP contribution in [0.5, 0.6) is 0 Å². The molecule has 2 heterocycles. The van der Waals surface area contributed by atoms with E-state index in [1.54, 1.807) is 0 Å². The molecule has 18 heavy (non-hydrogen) atoms. The lowest BCUT2D eigenvalue weighted by atomic mass is 10.0. The summed E-state index contributed by atoms with van der Waals surface area (Å²) in [5.41, 5.74) is 5.49. The molecule has 2 N–H and O–H groups in total. The molecule has 3 nitrogen and oxygen atoms in total. The van der Waals surface area contributed by atoms with Crippen LogP contribution in [0.3, 0.4) is 0 Å². The van der Waals surface area contributed by atoms with Crippen LogP contribution in [0.4, 0.5) is 0 Å². The van der Waals surface area contributed by atoms with E-state index in [1.807, 2.05) is 6.20 Å². The first-order valence-corrected chi connectivity index (χ1v) is 6.78. The Labute approximate surface area is 107 Å². The van der Waals surface area contributed by atoms with Crippen LogP contribution < -0.4 is 5.32 Å². The number of aryl methyl sites for hydroxylation is 2. The van der Waals surface area contributed by atoms with Crippen LogP contribution in [0.15, 0.2) is 24.4 Å². The lowest BCUT2D eigenvalue weighted by molar-refractivity contribution is 0.433. The van der Waals surface area contributed by atoms with Gasteiger partial charge in [-0.3, -0.25) is 0 Å². The van der Waals surface area contributed by atoms with Crippen molar-refractivity contribution in [3.8, 4) is 11.3 Å². The molecule has 0 unspecified atom stereocenters. The van der Waals surface area contributed by atoms with Gasteiger partial charge in [0.2, 0.25) is 0 Å². The van der Waals surface area contributed by atoms with Gasteiger partial charge in [-0.15, -0.1) is 0 Å². The van der Waals surface area contributed by atoms with Crippen molar-refractivity contribution in [1.29, 1.82) is 0 Å². The molecule has 0 bridgehead atoms. The highest BCUT2D eigenvalue weighted by Crippen LogP contribution is 2.28. The van der Waals surface area contributed by atoms with E-state index in [-0.39, 0.29) is 0 Å². The quantitative estimate of drug-likeness (QED) is 0.844. The Bertz CT molecular complexity index is 581. The highest BCUT2D eigenvalue weighted by Gasteiger charge is 2.22. The molecule has 4 rings (SSSR count). The second kappa shape index (κ2) is 3.95. The molecule has 1 aromatic heterocycles. The molecule has 2 aliphatic rings. The predicted octanol–water partition coefficient (Wildman–Crippen LogP) is 2.25. The van der Waals surface area contributed by atoms with Gasteiger partial charge in [-0.05, 0) is 42.0 Å². The van der Waals surface area contributed by atoms with Crippen LogP contribution in [0, 0.1) is 0 Å². The number of nitrogens with zero attached hydrogens (tertiary/aromatic N) is 1. The van der Waals surface area contributed by atoms with Crippen LogP contribution >= 0.6 is 0 Å². The van der Waals surface area contributed by atoms with Crippen molar-refractivity contribution in [2.24, 2.45) is 0 Å². The SMILES string of the molecule is c1cc2c(cc1-c1cnc(C3CNC3)[nH]1)CCC2. The van der Waals surface area contributed by atoms with Crippen LogP contribution in [0.1, 0.15) is 29.3 Å². The molecule has 2 aromatic rings. The summed E-state index contributed by atoms with van der Waals surface area (Å²) >= 11 is 0. The molecule has 0 radical (unpaired) electrons. The van der Waals surface area contributed by atoms with E-state index in [4.69, 9.17) is 0 Å². The number of hydrogen-bond donors (Lipinski definition) is 2. The third-order valence-electron chi connectivity index (χ3n) is 4.17. The van der Waals surface area contributed by atoms with Gasteiger partial charge in [-0.1, -0.05) is 12.1 Å². The van der Waals surface area contributed by atoms with Gasteiger partial charge in [0.15, 0.2) is 0 Å². The standard InChI is InChI=1S/C15H17N3/c1-2-10-4-5-12(6-11(10)3-1)14-9-17-15(18-14)13-7-16-8-13/h4-6,9,13,16H,1-3,7-8H2,(H,17,18). The number of imidazole rings is 1. The fourth-order valence-corrected chi connectivity index (χ4v) is 2.91. The van der Waals surface area contributed by atoms with Gasteiger partial charge < -0.3 is 10.3 Å². The normalized spacial score (nSPS) is 18.7. The molecule has 0 saturated carbocycles. The van der Waals surface area contributed by atoms with Crippen molar-refractivity contribution >= 4 is 0 Å². The fraction of sp³-hybridized carbons (Fsp3) is 0.400. The maximum absolute atomic E-state index is 4.51. The smallest absolute Gasteiger partial charge is 0.112 e. The van der Waals surface area contributed by atoms with Crippen molar-refractivity contribution in [2.75, 3.05) is 13.1 Å². The van der Waals surface area contributed by atoms with Crippen LogP contribution in [-0.4, -0.2) is 23.1 Å². The maximum Gasteiger partial charge on any atom is 0.112 e. The van der Waals surface area contributed by atoms with E-state index in [9.17, 15) is 0 Å². The Morgan fingerprint density at radius 3 is 2.83 bits per heavy atom. The van der Waals surface area contributed by atoms with Gasteiger partial charge in [0.25, 0.3) is 0 Å². The van der Waals surface area contributed by atoms with Crippen LogP contribution in [-0.2, 0) is 12.8 Å². The van der Waals surface area contributed by atoms with E-state index in [0.717, 1.165) is 24.6 Å². The average Bonchev–Trinajstić information content (AvgIpc) is 2.93. The van der Waals surface area contributed by atoms with Gasteiger partial charge in [-0.25, -0.2) is 4.98 Å². The van der Waals surface area contributed by atoms with E-state index in [0.29, 0.717) is 5.92 Å². The monoisotopic (exact) mass is 239 g/mol. The summed E-state index contributed by atoms with van der Waals surface area (Å²) in [6, 6.07) is 6.84. The zero-order valence-corrected chi connectivity index (χ0v) is 10.4. The van der Waals surface area contributed by atoms with Crippen molar-refractivity contribution < 1.29 is 0 Å². The second-order valence-electron chi connectivity index (χ2n) is 5.37. The summed E-state index contributed by atoms with van der Waals surface area (Å²) < 4.78 is 0. The van der Waals surface area contributed by atoms with Crippen LogP contribution in [0.25, 0.3) is 11.3 Å². The zero-order chi connectivity index (χ0) is 11.9. The molecule has 0 spiro atoms. The molecule has 1 aliphatic heterocycles. The van der Waals surface area contributed by atoms with Crippen molar-refractivity contribution in [3.63, 3.8) is 0 Å². The van der Waals surface area contributed by atoms with Crippen molar-refractivity contribution in [1.82, 2.24) is 15.3 Å². The van der Waals surface area contributed by atoms with E-state index >= 15 is 0 Å². The number of hydrogen-bond acceptors (Lipinski definition) is 2. The molecule has 1 fully saturated rings. The second-order valence-corrected chi connectivity index (χ2v) is 5.37. The van der Waals surface area contributed by atoms with E-state index in [2.05, 4.69) is 33.5 Å². The van der Waals surface area contributed by atoms with E-state index < -0.39 is 0 Å². The molecular formula is C15H17N3. The average molecular weight is 239 g/mol. The number of H-pyrrole nitrogens is 1. The minimum Gasteiger partial charge on any atom is -0.342 e. The predicted molar refractivity (Wildman–Crippen MR) is 71.7 cm³/mol. The molecule has 92 valence electrons. The first kappa shape index (κ1) is 10.3. The van der Waals surface area contributed by atoms with Crippen LogP contribution in [0.2, 0.25) is 0 Å². The first-order chi connectivity index (χ1) is 8.90. The van der Waals surface area contributed by atoms with Gasteiger partial charge in [0.1, 0.15) is 5.82 Å². The Hall–Kier alpha value is -1.61. The Morgan fingerprint density at radius 2 is 2.00 bits per heavy atom. The first-order valence-electron chi connectivity index (χ1n) is 6.78. The highest BCUT2D eigenvalue weighted by molar-refractivity contribution is 5.61. The minimum absolute atomic E-state index is 0.577. The summed E-state index contributed by atoms with van der Waals surface area (Å²) in [4.78, 5) is 7.98. The number of benzene rings is 1. The summed E-state index contributed by atoms with van der Waals surface area (Å²) in [5, 5.41) is 3.28. The van der Waals surface area contributed by atoms with Crippen molar-refractivity contribution in [2.45, 2.75) is 25.2 Å². The number of aromatic amines is 1. The maximum atomic E-state index is 4.51. The van der Waals surface area contributed by atoms with E-state index in [1.165, 1.54) is 36.0 Å². The molecule has 0 amide bonds. The fourth-order valence-electron chi connectivity index (χ4n) is 2.91. The number of rotatable bonds is 2. The highest BCUT2D eigenvalue weighted by atomic mass is 15.0. The van der Waals surface area contributed by atoms with Gasteiger partial charge in [0, 0.05) is 19.0 Å². The molecular weight excluding hydrogens is 222 g/mol. The zero-order valence-electron chi connectivity index (χ0n) is 10.4. The van der Waals surface area contributed by atoms with Gasteiger partial charge in [0.05, 0.1) is 11.9 Å². The lowest BCUT2D eigenvalue weighted by Crippen LogP contribution is -2.40. The molecule has 1 aromatic carbocycles. The minimum atomic E-state index is 0.577. The molecule has 3 heteroatoms. The molecule has 0 atom stereocenters. The number of nitrogens with one attached hydrogen (secondary N) is 2. The number of aromatic nitrogens is 2. The largest absolute Gasteiger partial charge is 0.342 e. The number of fused-ring (bicyclic) bond motifs is 1. The molecule has 1 aliphatic carbocycles.